The van der Waals surface area contributed by atoms with Gasteiger partial charge in [0.15, 0.2) is 0 Å². The number of rotatable bonds is 5. The molecule has 15 heavy (non-hydrogen) atoms. The number of carboxylic acid groups (broad SMARTS) is 1. The van der Waals surface area contributed by atoms with Gasteiger partial charge in [0.25, 0.3) is 0 Å². The lowest BCUT2D eigenvalue weighted by Gasteiger charge is -2.12. The Morgan fingerprint density at radius 3 is 2.73 bits per heavy atom. The molecule has 1 saturated carbocycles. The summed E-state index contributed by atoms with van der Waals surface area (Å²) in [5, 5.41) is 20.8. The average molecular weight is 211 g/mol. The molecule has 0 spiro atoms. The topological polar surface area (TPSA) is 82.7 Å². The first-order valence-electron chi connectivity index (χ1n) is 4.83. The van der Waals surface area contributed by atoms with Crippen LogP contribution in [0.5, 0.6) is 0 Å². The maximum atomic E-state index is 10.5. The van der Waals surface area contributed by atoms with Gasteiger partial charge in [0.1, 0.15) is 5.76 Å². The number of hydrogen-bond acceptors (Lipinski definition) is 4. The molecule has 1 aliphatic carbocycles. The molecule has 0 aliphatic heterocycles. The molecule has 0 radical (unpaired) electrons. The van der Waals surface area contributed by atoms with E-state index in [2.05, 4.69) is 5.32 Å². The normalized spacial score (nSPS) is 17.7. The van der Waals surface area contributed by atoms with Crippen molar-refractivity contribution < 1.29 is 19.4 Å². The molecule has 1 aliphatic rings. The summed E-state index contributed by atoms with van der Waals surface area (Å²) in [5.74, 6) is -0.544. The Balaban J connectivity index is 1.91. The van der Waals surface area contributed by atoms with Gasteiger partial charge >= 0.3 is 5.97 Å². The lowest BCUT2D eigenvalue weighted by molar-refractivity contribution is 0.0660. The summed E-state index contributed by atoms with van der Waals surface area (Å²) >= 11 is 0. The quantitative estimate of drug-likeness (QED) is 0.664. The van der Waals surface area contributed by atoms with Crippen molar-refractivity contribution in [2.75, 3.05) is 6.61 Å². The monoisotopic (exact) mass is 211 g/mol. The number of furan rings is 1. The molecule has 0 atom stereocenters. The summed E-state index contributed by atoms with van der Waals surface area (Å²) < 4.78 is 5.07. The lowest BCUT2D eigenvalue weighted by Crippen LogP contribution is -2.33. The van der Waals surface area contributed by atoms with E-state index in [1.807, 2.05) is 0 Å². The fourth-order valence-corrected chi connectivity index (χ4v) is 1.40. The minimum Gasteiger partial charge on any atom is -0.475 e. The van der Waals surface area contributed by atoms with Crippen LogP contribution in [0.15, 0.2) is 16.5 Å². The Hall–Kier alpha value is -1.33. The second-order valence-electron chi connectivity index (χ2n) is 3.86. The molecule has 0 aromatic carbocycles. The fourth-order valence-electron chi connectivity index (χ4n) is 1.40. The second kappa shape index (κ2) is 3.67. The van der Waals surface area contributed by atoms with Crippen LogP contribution in [-0.4, -0.2) is 28.3 Å². The molecule has 0 amide bonds. The highest BCUT2D eigenvalue weighted by Crippen LogP contribution is 2.34. The number of aromatic carboxylic acids is 1. The van der Waals surface area contributed by atoms with E-state index in [0.29, 0.717) is 12.3 Å². The number of carboxylic acids is 1. The van der Waals surface area contributed by atoms with E-state index in [-0.39, 0.29) is 17.9 Å². The molecule has 3 N–H and O–H groups in total. The van der Waals surface area contributed by atoms with Gasteiger partial charge in [-0.3, -0.25) is 0 Å². The van der Waals surface area contributed by atoms with E-state index in [1.54, 1.807) is 6.07 Å². The van der Waals surface area contributed by atoms with Gasteiger partial charge in [0.2, 0.25) is 5.76 Å². The maximum Gasteiger partial charge on any atom is 0.371 e. The number of carbonyl (C=O) groups is 1. The van der Waals surface area contributed by atoms with Gasteiger partial charge in [0, 0.05) is 5.54 Å². The van der Waals surface area contributed by atoms with E-state index in [4.69, 9.17) is 14.6 Å². The van der Waals surface area contributed by atoms with E-state index in [9.17, 15) is 4.79 Å². The van der Waals surface area contributed by atoms with Crippen molar-refractivity contribution in [3.8, 4) is 0 Å². The van der Waals surface area contributed by atoms with Gasteiger partial charge in [-0.15, -0.1) is 0 Å². The summed E-state index contributed by atoms with van der Waals surface area (Å²) in [6.45, 7) is 0.563. The molecular weight excluding hydrogens is 198 g/mol. The second-order valence-corrected chi connectivity index (χ2v) is 3.86. The van der Waals surface area contributed by atoms with E-state index in [1.165, 1.54) is 6.07 Å². The minimum absolute atomic E-state index is 0.0550. The van der Waals surface area contributed by atoms with Crippen LogP contribution < -0.4 is 5.32 Å². The van der Waals surface area contributed by atoms with Gasteiger partial charge in [-0.1, -0.05) is 0 Å². The third kappa shape index (κ3) is 2.19. The largest absolute Gasteiger partial charge is 0.475 e. The lowest BCUT2D eigenvalue weighted by atomic mass is 10.3. The third-order valence-electron chi connectivity index (χ3n) is 2.67. The zero-order valence-electron chi connectivity index (χ0n) is 8.19. The molecule has 1 fully saturated rings. The van der Waals surface area contributed by atoms with Crippen molar-refractivity contribution >= 4 is 5.97 Å². The summed E-state index contributed by atoms with van der Waals surface area (Å²) in [7, 11) is 0. The number of hydrogen-bond donors (Lipinski definition) is 3. The van der Waals surface area contributed by atoms with Crippen LogP contribution in [-0.2, 0) is 6.54 Å². The first-order valence-corrected chi connectivity index (χ1v) is 4.83. The molecule has 1 aromatic rings. The zero-order chi connectivity index (χ0) is 10.9. The van der Waals surface area contributed by atoms with Crippen molar-refractivity contribution in [2.24, 2.45) is 0 Å². The van der Waals surface area contributed by atoms with Crippen molar-refractivity contribution in [1.29, 1.82) is 0 Å². The summed E-state index contributed by atoms with van der Waals surface area (Å²) in [5.41, 5.74) is -0.157. The number of nitrogens with one attached hydrogen (secondary N) is 1. The van der Waals surface area contributed by atoms with Crippen LogP contribution in [0.1, 0.15) is 29.2 Å². The standard InChI is InChI=1S/C10H13NO4/c12-6-10(3-4-10)11-5-7-1-2-8(15-7)9(13)14/h1-2,11-12H,3-6H2,(H,13,14). The SMILES string of the molecule is O=C(O)c1ccc(CNC2(CO)CC2)o1. The van der Waals surface area contributed by atoms with Crippen molar-refractivity contribution in [3.63, 3.8) is 0 Å². The highest BCUT2D eigenvalue weighted by molar-refractivity contribution is 5.84. The molecule has 1 aromatic heterocycles. The Bertz CT molecular complexity index is 367. The molecular formula is C10H13NO4. The first-order chi connectivity index (χ1) is 7.15. The van der Waals surface area contributed by atoms with Crippen LogP contribution in [0.25, 0.3) is 0 Å². The predicted octanol–water partition coefficient (Wildman–Crippen LogP) is 0.592. The Morgan fingerprint density at radius 1 is 1.53 bits per heavy atom. The highest BCUT2D eigenvalue weighted by Gasteiger charge is 2.41. The molecule has 82 valence electrons. The first kappa shape index (κ1) is 10.2. The minimum atomic E-state index is -1.07. The van der Waals surface area contributed by atoms with Crippen molar-refractivity contribution in [2.45, 2.75) is 24.9 Å². The summed E-state index contributed by atoms with van der Waals surface area (Å²) in [6, 6.07) is 3.06. The van der Waals surface area contributed by atoms with Crippen molar-refractivity contribution in [3.05, 3.63) is 23.7 Å². The molecule has 5 nitrogen and oxygen atoms in total. The molecule has 0 bridgehead atoms. The molecule has 0 saturated heterocycles. The van der Waals surface area contributed by atoms with Gasteiger partial charge in [-0.05, 0) is 25.0 Å². The number of aliphatic hydroxyl groups is 1. The van der Waals surface area contributed by atoms with Gasteiger partial charge in [-0.2, -0.15) is 0 Å². The van der Waals surface area contributed by atoms with Crippen LogP contribution in [0.3, 0.4) is 0 Å². The Morgan fingerprint density at radius 2 is 2.27 bits per heavy atom. The average Bonchev–Trinajstić information content (AvgIpc) is 2.85. The van der Waals surface area contributed by atoms with Crippen molar-refractivity contribution in [1.82, 2.24) is 5.32 Å². The van der Waals surface area contributed by atoms with Crippen LogP contribution in [0.4, 0.5) is 0 Å². The van der Waals surface area contributed by atoms with E-state index in [0.717, 1.165) is 12.8 Å². The van der Waals surface area contributed by atoms with Crippen LogP contribution >= 0.6 is 0 Å². The van der Waals surface area contributed by atoms with Gasteiger partial charge in [-0.25, -0.2) is 4.79 Å². The summed E-state index contributed by atoms with van der Waals surface area (Å²) in [6.07, 6.45) is 1.91. The van der Waals surface area contributed by atoms with Gasteiger partial charge < -0.3 is 19.9 Å². The van der Waals surface area contributed by atoms with E-state index < -0.39 is 5.97 Å². The zero-order valence-corrected chi connectivity index (χ0v) is 8.19. The van der Waals surface area contributed by atoms with Crippen LogP contribution in [0, 0.1) is 0 Å². The predicted molar refractivity (Wildman–Crippen MR) is 51.6 cm³/mol. The smallest absolute Gasteiger partial charge is 0.371 e. The number of aliphatic hydroxyl groups excluding tert-OH is 1. The highest BCUT2D eigenvalue weighted by atomic mass is 16.4. The molecule has 5 heteroatoms. The van der Waals surface area contributed by atoms with Crippen LogP contribution in [0.2, 0.25) is 0 Å². The summed E-state index contributed by atoms with van der Waals surface area (Å²) in [4.78, 5) is 10.5. The third-order valence-corrected chi connectivity index (χ3v) is 2.67. The molecule has 1 heterocycles. The molecule has 0 unspecified atom stereocenters. The molecule has 2 rings (SSSR count). The maximum absolute atomic E-state index is 10.5. The van der Waals surface area contributed by atoms with E-state index >= 15 is 0 Å². The fraction of sp³-hybridized carbons (Fsp3) is 0.500. The van der Waals surface area contributed by atoms with Gasteiger partial charge in [0.05, 0.1) is 13.2 Å². The Labute approximate surface area is 86.7 Å². The Kier molecular flexibility index (Phi) is 2.50.